The van der Waals surface area contributed by atoms with Crippen molar-refractivity contribution in [2.24, 2.45) is 17.6 Å². The summed E-state index contributed by atoms with van der Waals surface area (Å²) in [6.45, 7) is 0.418. The summed E-state index contributed by atoms with van der Waals surface area (Å²) < 4.78 is 10.8. The summed E-state index contributed by atoms with van der Waals surface area (Å²) in [5, 5.41) is 49.2. The number of carbonyl (C=O) groups excluding carboxylic acids is 3. The number of ketones is 2. The molecule has 1 aliphatic heterocycles. The molecule has 13 nitrogen and oxygen atoms in total. The number of rotatable bonds is 6. The number of Topliss-reactive ketones (excluding diaryl/α,β-unsaturated/α-hetero) is 2. The number of nitrogens with two attached hydrogens (primary N) is 1. The number of hydrogen-bond acceptors (Lipinski definition) is 12. The zero-order valence-corrected chi connectivity index (χ0v) is 24.7. The smallest absolute Gasteiger partial charge is 0.255 e. The number of nitrogens with zero attached hydrogens (tertiary/aromatic N) is 2. The zero-order valence-electron chi connectivity index (χ0n) is 24.7. The molecule has 232 valence electrons. The highest BCUT2D eigenvalue weighted by molar-refractivity contribution is 6.24. The Labute approximate surface area is 252 Å². The first-order valence-electron chi connectivity index (χ1n) is 14.1. The monoisotopic (exact) mass is 606 g/mol. The minimum atomic E-state index is -2.69. The predicted octanol–water partition coefficient (Wildman–Crippen LogP) is 1.37. The molecule has 4 aliphatic rings. The molecule has 2 aromatic carbocycles. The van der Waals surface area contributed by atoms with E-state index in [0.29, 0.717) is 22.7 Å². The molecule has 1 saturated carbocycles. The van der Waals surface area contributed by atoms with Gasteiger partial charge in [0.15, 0.2) is 22.9 Å². The van der Waals surface area contributed by atoms with Crippen LogP contribution in [0.1, 0.15) is 23.1 Å². The molecule has 7 N–H and O–H groups in total. The molecular weight excluding hydrogens is 572 g/mol. The van der Waals surface area contributed by atoms with Crippen molar-refractivity contribution in [3.05, 3.63) is 57.9 Å². The predicted molar refractivity (Wildman–Crippen MR) is 158 cm³/mol. The maximum absolute atomic E-state index is 14.1. The van der Waals surface area contributed by atoms with Gasteiger partial charge in [-0.3, -0.25) is 19.3 Å². The van der Waals surface area contributed by atoms with E-state index in [1.165, 1.54) is 4.90 Å². The molecule has 3 aliphatic carbocycles. The van der Waals surface area contributed by atoms with E-state index < -0.39 is 58.0 Å². The number of phenolic OH excluding ortho intramolecular Hbond substituents is 1. The third-order valence-electron chi connectivity index (χ3n) is 9.10. The fourth-order valence-electron chi connectivity index (χ4n) is 7.07. The van der Waals surface area contributed by atoms with Crippen molar-refractivity contribution in [2.45, 2.75) is 31.0 Å². The summed E-state index contributed by atoms with van der Waals surface area (Å²) in [7, 11) is 6.75. The van der Waals surface area contributed by atoms with Crippen molar-refractivity contribution in [2.75, 3.05) is 45.2 Å². The third kappa shape index (κ3) is 4.10. The molecule has 0 unspecified atom stereocenters. The molecule has 1 amide bonds. The van der Waals surface area contributed by atoms with Crippen LogP contribution in [0.3, 0.4) is 0 Å². The number of nitrogens with one attached hydrogen (secondary N) is 1. The van der Waals surface area contributed by atoms with Gasteiger partial charge in [-0.25, -0.2) is 0 Å². The first-order chi connectivity index (χ1) is 20.8. The summed E-state index contributed by atoms with van der Waals surface area (Å²) in [5.74, 6) is -5.66. The fraction of sp³-hybridized carbons (Fsp3) is 0.387. The Hall–Kier alpha value is -4.75. The van der Waals surface area contributed by atoms with E-state index in [4.69, 9.17) is 15.2 Å². The van der Waals surface area contributed by atoms with Crippen molar-refractivity contribution < 1.29 is 44.3 Å². The number of benzene rings is 2. The van der Waals surface area contributed by atoms with Crippen molar-refractivity contribution in [1.82, 2.24) is 4.90 Å². The van der Waals surface area contributed by atoms with Crippen LogP contribution >= 0.6 is 0 Å². The number of anilines is 2. The molecule has 44 heavy (non-hydrogen) atoms. The number of fused-ring (bicyclic) bond motifs is 4. The molecule has 6 rings (SSSR count). The molecule has 0 aromatic heterocycles. The van der Waals surface area contributed by atoms with Crippen LogP contribution in [0.5, 0.6) is 17.2 Å². The Kier molecular flexibility index (Phi) is 6.78. The van der Waals surface area contributed by atoms with Crippen LogP contribution in [0.2, 0.25) is 0 Å². The van der Waals surface area contributed by atoms with Gasteiger partial charge < -0.3 is 45.9 Å². The SMILES string of the molecule is CN(C)c1cc(NCc2ccc3c(c2)OCO3)c(O)c2c1C[C@@H]1C[C@@H]3[C@@H](N(C)C)C(=O)C(C(N)=O)=C(O)[C@]3(O)C(=O)C1=C2O. The molecule has 0 radical (unpaired) electrons. The number of carbonyl (C=O) groups is 3. The highest BCUT2D eigenvalue weighted by atomic mass is 16.7. The first-order valence-corrected chi connectivity index (χ1v) is 14.1. The highest BCUT2D eigenvalue weighted by Gasteiger charge is 2.64. The second-order valence-electron chi connectivity index (χ2n) is 12.0. The third-order valence-corrected chi connectivity index (χ3v) is 9.10. The Morgan fingerprint density at radius 3 is 2.45 bits per heavy atom. The van der Waals surface area contributed by atoms with Crippen LogP contribution in [0.15, 0.2) is 41.2 Å². The number of aliphatic hydroxyl groups excluding tert-OH is 2. The lowest BCUT2D eigenvalue weighted by atomic mass is 9.57. The van der Waals surface area contributed by atoms with E-state index in [0.717, 1.165) is 5.56 Å². The van der Waals surface area contributed by atoms with Gasteiger partial charge in [-0.05, 0) is 62.2 Å². The number of likely N-dealkylation sites (N-methyl/N-ethyl adjacent to an activating group) is 1. The van der Waals surface area contributed by atoms with Crippen LogP contribution < -0.4 is 25.4 Å². The first kappa shape index (κ1) is 29.3. The van der Waals surface area contributed by atoms with Gasteiger partial charge in [-0.2, -0.15) is 0 Å². The topological polar surface area (TPSA) is 195 Å². The summed E-state index contributed by atoms with van der Waals surface area (Å²) >= 11 is 0. The average molecular weight is 607 g/mol. The lowest BCUT2D eigenvalue weighted by Crippen LogP contribution is -2.65. The molecule has 1 heterocycles. The van der Waals surface area contributed by atoms with Crippen LogP contribution in [-0.4, -0.2) is 89.4 Å². The largest absolute Gasteiger partial charge is 0.508 e. The number of phenols is 1. The van der Waals surface area contributed by atoms with E-state index in [2.05, 4.69) is 5.32 Å². The lowest BCUT2D eigenvalue weighted by Gasteiger charge is -2.50. The van der Waals surface area contributed by atoms with Gasteiger partial charge in [0.25, 0.3) is 5.91 Å². The van der Waals surface area contributed by atoms with E-state index in [1.54, 1.807) is 26.2 Å². The minimum Gasteiger partial charge on any atom is -0.508 e. The van der Waals surface area contributed by atoms with E-state index in [1.807, 2.05) is 31.1 Å². The Bertz CT molecular complexity index is 1700. The van der Waals surface area contributed by atoms with E-state index >= 15 is 0 Å². The molecular formula is C31H34N4O9. The van der Waals surface area contributed by atoms with Crippen molar-refractivity contribution in [3.8, 4) is 17.2 Å². The Morgan fingerprint density at radius 2 is 1.80 bits per heavy atom. The number of primary amides is 1. The zero-order chi connectivity index (χ0) is 31.8. The van der Waals surface area contributed by atoms with Gasteiger partial charge in [0.2, 0.25) is 12.6 Å². The highest BCUT2D eigenvalue weighted by Crippen LogP contribution is 2.54. The van der Waals surface area contributed by atoms with E-state index in [9.17, 15) is 34.8 Å². The second kappa shape index (κ2) is 10.2. The molecule has 4 atom stereocenters. The molecule has 0 bridgehead atoms. The van der Waals surface area contributed by atoms with Gasteiger partial charge in [-0.15, -0.1) is 0 Å². The van der Waals surface area contributed by atoms with Crippen LogP contribution in [0, 0.1) is 11.8 Å². The van der Waals surface area contributed by atoms with Gasteiger partial charge in [0, 0.05) is 37.8 Å². The molecule has 13 heteroatoms. The van der Waals surface area contributed by atoms with Gasteiger partial charge in [-0.1, -0.05) is 6.07 Å². The molecule has 1 fully saturated rings. The molecule has 0 saturated heterocycles. The Balaban J connectivity index is 1.46. The maximum atomic E-state index is 14.1. The number of aliphatic hydroxyl groups is 3. The van der Waals surface area contributed by atoms with Crippen LogP contribution in [0.4, 0.5) is 11.4 Å². The number of ether oxygens (including phenoxy) is 2. The number of amides is 1. The summed E-state index contributed by atoms with van der Waals surface area (Å²) in [6, 6.07) is 6.06. The average Bonchev–Trinajstić information content (AvgIpc) is 3.42. The number of hydrogen-bond donors (Lipinski definition) is 6. The Morgan fingerprint density at radius 1 is 1.09 bits per heavy atom. The maximum Gasteiger partial charge on any atom is 0.255 e. The van der Waals surface area contributed by atoms with Crippen LogP contribution in [0.25, 0.3) is 5.76 Å². The minimum absolute atomic E-state index is 0.0145. The van der Waals surface area contributed by atoms with Crippen molar-refractivity contribution in [1.29, 1.82) is 0 Å². The summed E-state index contributed by atoms with van der Waals surface area (Å²) in [4.78, 5) is 42.9. The molecule has 2 aromatic rings. The van der Waals surface area contributed by atoms with Gasteiger partial charge >= 0.3 is 0 Å². The number of aromatic hydroxyl groups is 1. The standard InChI is InChI=1S/C31H34N4O9/c1-34(2)18-10-17(33-11-13-5-6-19-20(7-13)44-12-43-19)25(36)22-15(18)8-14-9-16-24(35(3)4)27(38)23(30(32)41)29(40)31(16,42)28(39)21(14)26(22)37/h5-7,10,14,16,24,33,36-37,40,42H,8-9,11-12H2,1-4H3,(H2,32,41)/t14-,16-,24-,31-/m1/s1. The quantitative estimate of drug-likeness (QED) is 0.205. The fourth-order valence-corrected chi connectivity index (χ4v) is 7.07. The second-order valence-corrected chi connectivity index (χ2v) is 12.0. The summed E-state index contributed by atoms with van der Waals surface area (Å²) in [6.07, 6.45) is 0.210. The van der Waals surface area contributed by atoms with Crippen LogP contribution in [-0.2, 0) is 27.3 Å². The molecule has 0 spiro atoms. The normalized spacial score (nSPS) is 25.5. The van der Waals surface area contributed by atoms with E-state index in [-0.39, 0.29) is 48.8 Å². The summed E-state index contributed by atoms with van der Waals surface area (Å²) in [5.41, 5.74) is 4.04. The van der Waals surface area contributed by atoms with Gasteiger partial charge in [0.05, 0.1) is 17.3 Å². The van der Waals surface area contributed by atoms with Crippen molar-refractivity contribution >= 4 is 34.6 Å². The lowest BCUT2D eigenvalue weighted by molar-refractivity contribution is -0.153. The van der Waals surface area contributed by atoms with Crippen molar-refractivity contribution in [3.63, 3.8) is 0 Å². The van der Waals surface area contributed by atoms with Gasteiger partial charge in [0.1, 0.15) is 22.8 Å².